The van der Waals surface area contributed by atoms with E-state index in [1.165, 1.54) is 7.11 Å². The molecule has 1 aromatic rings. The summed E-state index contributed by atoms with van der Waals surface area (Å²) in [5.41, 5.74) is 4.93. The molecule has 6 heteroatoms. The first-order valence-electron chi connectivity index (χ1n) is 5.33. The third-order valence-electron chi connectivity index (χ3n) is 2.27. The van der Waals surface area contributed by atoms with Crippen LogP contribution in [0.1, 0.15) is 19.8 Å². The summed E-state index contributed by atoms with van der Waals surface area (Å²) in [4.78, 5) is 19.5. The highest BCUT2D eigenvalue weighted by molar-refractivity contribution is 7.99. The second-order valence-electron chi connectivity index (χ2n) is 3.89. The first kappa shape index (κ1) is 13.9. The van der Waals surface area contributed by atoms with Crippen molar-refractivity contribution in [1.82, 2.24) is 9.97 Å². The number of methoxy groups -OCH3 is 1. The fraction of sp³-hybridized carbons (Fsp3) is 0.545. The van der Waals surface area contributed by atoms with E-state index in [9.17, 15) is 4.79 Å². The van der Waals surface area contributed by atoms with E-state index in [4.69, 9.17) is 5.73 Å². The lowest BCUT2D eigenvalue weighted by atomic mass is 9.98. The van der Waals surface area contributed by atoms with Gasteiger partial charge >= 0.3 is 5.97 Å². The maximum Gasteiger partial charge on any atom is 0.325 e. The van der Waals surface area contributed by atoms with Crippen LogP contribution in [0.15, 0.2) is 23.6 Å². The molecule has 1 atom stereocenters. The zero-order valence-electron chi connectivity index (χ0n) is 10.0. The van der Waals surface area contributed by atoms with Gasteiger partial charge in [0.15, 0.2) is 5.16 Å². The Labute approximate surface area is 105 Å². The van der Waals surface area contributed by atoms with Gasteiger partial charge in [-0.3, -0.25) is 4.79 Å². The van der Waals surface area contributed by atoms with Gasteiger partial charge in [-0.25, -0.2) is 9.97 Å². The Bertz CT molecular complexity index is 357. The number of thioether (sulfide) groups is 1. The van der Waals surface area contributed by atoms with Crippen molar-refractivity contribution in [1.29, 1.82) is 0 Å². The van der Waals surface area contributed by atoms with Gasteiger partial charge in [-0.1, -0.05) is 11.8 Å². The third kappa shape index (κ3) is 4.70. The van der Waals surface area contributed by atoms with Crippen molar-refractivity contribution < 1.29 is 9.53 Å². The third-order valence-corrected chi connectivity index (χ3v) is 3.23. The van der Waals surface area contributed by atoms with E-state index >= 15 is 0 Å². The SMILES string of the molecule is COC(=O)C(C)(N)CCCSc1ncccn1. The lowest BCUT2D eigenvalue weighted by molar-refractivity contribution is -0.146. The van der Waals surface area contributed by atoms with Gasteiger partial charge in [0.25, 0.3) is 0 Å². The Morgan fingerprint density at radius 3 is 2.76 bits per heavy atom. The van der Waals surface area contributed by atoms with Crippen LogP contribution in [0.25, 0.3) is 0 Å². The number of esters is 1. The zero-order valence-corrected chi connectivity index (χ0v) is 10.9. The zero-order chi connectivity index (χ0) is 12.7. The van der Waals surface area contributed by atoms with E-state index in [0.717, 1.165) is 17.3 Å². The molecule has 0 radical (unpaired) electrons. The molecule has 0 saturated carbocycles. The first-order valence-corrected chi connectivity index (χ1v) is 6.32. The van der Waals surface area contributed by atoms with E-state index in [2.05, 4.69) is 14.7 Å². The van der Waals surface area contributed by atoms with Crippen LogP contribution in [0.3, 0.4) is 0 Å². The number of rotatable bonds is 6. The molecule has 17 heavy (non-hydrogen) atoms. The molecule has 0 bridgehead atoms. The molecule has 1 unspecified atom stereocenters. The van der Waals surface area contributed by atoms with Crippen LogP contribution in [0.2, 0.25) is 0 Å². The van der Waals surface area contributed by atoms with Crippen LogP contribution < -0.4 is 5.73 Å². The first-order chi connectivity index (χ1) is 8.06. The van der Waals surface area contributed by atoms with Gasteiger partial charge in [0, 0.05) is 18.1 Å². The molecule has 0 amide bonds. The van der Waals surface area contributed by atoms with Crippen molar-refractivity contribution in [3.05, 3.63) is 18.5 Å². The molecule has 0 aliphatic heterocycles. The maximum atomic E-state index is 11.3. The quantitative estimate of drug-likeness (QED) is 0.356. The molecule has 1 aromatic heterocycles. The lowest BCUT2D eigenvalue weighted by Crippen LogP contribution is -2.45. The van der Waals surface area contributed by atoms with Crippen LogP contribution in [0.4, 0.5) is 0 Å². The molecule has 1 rings (SSSR count). The molecule has 0 aliphatic rings. The number of carbonyl (C=O) groups is 1. The number of nitrogens with two attached hydrogens (primary N) is 1. The monoisotopic (exact) mass is 255 g/mol. The number of aromatic nitrogens is 2. The summed E-state index contributed by atoms with van der Waals surface area (Å²) in [5, 5.41) is 0.740. The van der Waals surface area contributed by atoms with Gasteiger partial charge in [0.1, 0.15) is 5.54 Å². The van der Waals surface area contributed by atoms with Gasteiger partial charge in [0.05, 0.1) is 7.11 Å². The van der Waals surface area contributed by atoms with Crippen LogP contribution >= 0.6 is 11.8 Å². The van der Waals surface area contributed by atoms with Gasteiger partial charge in [-0.2, -0.15) is 0 Å². The van der Waals surface area contributed by atoms with Crippen molar-refractivity contribution in [2.45, 2.75) is 30.5 Å². The second-order valence-corrected chi connectivity index (χ2v) is 4.95. The van der Waals surface area contributed by atoms with Crippen molar-refractivity contribution in [2.24, 2.45) is 5.73 Å². The van der Waals surface area contributed by atoms with Crippen LogP contribution in [-0.4, -0.2) is 34.3 Å². The molecule has 94 valence electrons. The van der Waals surface area contributed by atoms with Gasteiger partial charge in [0.2, 0.25) is 0 Å². The highest BCUT2D eigenvalue weighted by Gasteiger charge is 2.28. The number of carbonyl (C=O) groups excluding carboxylic acids is 1. The number of ether oxygens (including phenoxy) is 1. The summed E-state index contributed by atoms with van der Waals surface area (Å²) in [6, 6.07) is 1.78. The fourth-order valence-corrected chi connectivity index (χ4v) is 2.04. The molecule has 5 nitrogen and oxygen atoms in total. The Hall–Kier alpha value is -1.14. The van der Waals surface area contributed by atoms with E-state index in [1.807, 2.05) is 0 Å². The number of hydrogen-bond donors (Lipinski definition) is 1. The van der Waals surface area contributed by atoms with Crippen molar-refractivity contribution in [3.63, 3.8) is 0 Å². The largest absolute Gasteiger partial charge is 0.468 e. The van der Waals surface area contributed by atoms with Gasteiger partial charge in [-0.05, 0) is 25.8 Å². The summed E-state index contributed by atoms with van der Waals surface area (Å²) in [7, 11) is 1.35. The molecule has 0 spiro atoms. The number of nitrogens with zero attached hydrogens (tertiary/aromatic N) is 2. The molecule has 1 heterocycles. The summed E-state index contributed by atoms with van der Waals surface area (Å²) >= 11 is 1.55. The Morgan fingerprint density at radius 2 is 2.18 bits per heavy atom. The van der Waals surface area contributed by atoms with Gasteiger partial charge in [-0.15, -0.1) is 0 Å². The van der Waals surface area contributed by atoms with E-state index in [-0.39, 0.29) is 5.97 Å². The van der Waals surface area contributed by atoms with E-state index in [0.29, 0.717) is 6.42 Å². The molecule has 2 N–H and O–H groups in total. The van der Waals surface area contributed by atoms with Crippen LogP contribution in [0.5, 0.6) is 0 Å². The Morgan fingerprint density at radius 1 is 1.53 bits per heavy atom. The normalized spacial score (nSPS) is 14.1. The van der Waals surface area contributed by atoms with Crippen molar-refractivity contribution >= 4 is 17.7 Å². The molecule has 0 saturated heterocycles. The smallest absolute Gasteiger partial charge is 0.325 e. The summed E-state index contributed by atoms with van der Waals surface area (Å²) in [5.74, 6) is 0.451. The lowest BCUT2D eigenvalue weighted by Gasteiger charge is -2.20. The molecular weight excluding hydrogens is 238 g/mol. The van der Waals surface area contributed by atoms with Crippen molar-refractivity contribution in [3.8, 4) is 0 Å². The molecular formula is C11H17N3O2S. The Kier molecular flexibility index (Phi) is 5.37. The second kappa shape index (κ2) is 6.56. The minimum absolute atomic E-state index is 0.376. The molecule has 0 aromatic carbocycles. The minimum atomic E-state index is -0.910. The van der Waals surface area contributed by atoms with Crippen molar-refractivity contribution in [2.75, 3.05) is 12.9 Å². The number of hydrogen-bond acceptors (Lipinski definition) is 6. The topological polar surface area (TPSA) is 78.1 Å². The average Bonchev–Trinajstić information content (AvgIpc) is 2.35. The van der Waals surface area contributed by atoms with E-state index in [1.54, 1.807) is 37.1 Å². The van der Waals surface area contributed by atoms with E-state index < -0.39 is 5.54 Å². The summed E-state index contributed by atoms with van der Waals surface area (Å²) in [6.45, 7) is 1.68. The molecule has 0 fully saturated rings. The predicted molar refractivity (Wildman–Crippen MR) is 66.6 cm³/mol. The fourth-order valence-electron chi connectivity index (χ4n) is 1.30. The highest BCUT2D eigenvalue weighted by atomic mass is 32.2. The maximum absolute atomic E-state index is 11.3. The van der Waals surface area contributed by atoms with Crippen LogP contribution in [0, 0.1) is 0 Å². The van der Waals surface area contributed by atoms with Crippen LogP contribution in [-0.2, 0) is 9.53 Å². The molecule has 0 aliphatic carbocycles. The minimum Gasteiger partial charge on any atom is -0.468 e. The summed E-state index contributed by atoms with van der Waals surface area (Å²) < 4.78 is 4.63. The standard InChI is InChI=1S/C11H17N3O2S/c1-11(12,9(15)16-2)5-3-8-17-10-13-6-4-7-14-10/h4,6-7H,3,5,8,12H2,1-2H3. The predicted octanol–water partition coefficient (Wildman–Crippen LogP) is 1.24. The highest BCUT2D eigenvalue weighted by Crippen LogP contribution is 2.17. The Balaban J connectivity index is 2.27. The summed E-state index contributed by atoms with van der Waals surface area (Å²) in [6.07, 6.45) is 4.80. The average molecular weight is 255 g/mol. The van der Waals surface area contributed by atoms with Gasteiger partial charge < -0.3 is 10.5 Å².